The summed E-state index contributed by atoms with van der Waals surface area (Å²) in [7, 11) is 0. The molecule has 0 atom stereocenters. The molecule has 0 spiro atoms. The average molecular weight is 264 g/mol. The van der Waals surface area contributed by atoms with Crippen molar-refractivity contribution in [2.75, 3.05) is 11.9 Å². The van der Waals surface area contributed by atoms with Crippen LogP contribution in [-0.2, 0) is 6.42 Å². The normalized spacial score (nSPS) is 10.3. The van der Waals surface area contributed by atoms with E-state index in [1.807, 2.05) is 12.3 Å². The maximum absolute atomic E-state index is 10.6. The summed E-state index contributed by atoms with van der Waals surface area (Å²) in [5.41, 5.74) is 1.06. The Morgan fingerprint density at radius 3 is 3.06 bits per heavy atom. The molecule has 2 rings (SSSR count). The Balaban J connectivity index is 1.90. The molecule has 0 saturated carbocycles. The van der Waals surface area contributed by atoms with Gasteiger partial charge in [-0.25, -0.2) is 9.97 Å². The van der Waals surface area contributed by atoms with Crippen LogP contribution < -0.4 is 5.32 Å². The van der Waals surface area contributed by atoms with Crippen molar-refractivity contribution in [2.45, 2.75) is 13.3 Å². The van der Waals surface area contributed by atoms with Crippen LogP contribution in [0.1, 0.15) is 10.7 Å². The molecule has 0 aliphatic heterocycles. The van der Waals surface area contributed by atoms with Crippen LogP contribution in [0.15, 0.2) is 23.7 Å². The Bertz CT molecular complexity index is 555. The number of hydrogen-bond acceptors (Lipinski definition) is 6. The third kappa shape index (κ3) is 3.24. The highest BCUT2D eigenvalue weighted by Crippen LogP contribution is 2.14. The van der Waals surface area contributed by atoms with Crippen molar-refractivity contribution < 1.29 is 4.92 Å². The fourth-order valence-electron chi connectivity index (χ4n) is 1.44. The van der Waals surface area contributed by atoms with Gasteiger partial charge >= 0.3 is 0 Å². The lowest BCUT2D eigenvalue weighted by Crippen LogP contribution is -2.06. The van der Waals surface area contributed by atoms with Crippen molar-refractivity contribution in [1.29, 1.82) is 0 Å². The molecule has 7 heteroatoms. The second-order valence-corrected chi connectivity index (χ2v) is 4.66. The maximum Gasteiger partial charge on any atom is 0.274 e. The molecule has 18 heavy (non-hydrogen) atoms. The van der Waals surface area contributed by atoms with Gasteiger partial charge in [0.15, 0.2) is 0 Å². The second kappa shape index (κ2) is 5.54. The molecule has 0 fully saturated rings. The van der Waals surface area contributed by atoms with E-state index < -0.39 is 4.92 Å². The topological polar surface area (TPSA) is 81.0 Å². The zero-order valence-electron chi connectivity index (χ0n) is 9.79. The SMILES string of the molecule is Cc1csc(CCNc2cc([N+](=O)[O-])ccn2)n1. The van der Waals surface area contributed by atoms with Crippen molar-refractivity contribution in [1.82, 2.24) is 9.97 Å². The number of nitrogens with one attached hydrogen (secondary N) is 1. The van der Waals surface area contributed by atoms with Gasteiger partial charge in [0.25, 0.3) is 5.69 Å². The molecule has 0 aliphatic rings. The van der Waals surface area contributed by atoms with Crippen molar-refractivity contribution in [3.05, 3.63) is 44.5 Å². The minimum Gasteiger partial charge on any atom is -0.369 e. The summed E-state index contributed by atoms with van der Waals surface area (Å²) >= 11 is 1.61. The number of aryl methyl sites for hydroxylation is 1. The van der Waals surface area contributed by atoms with Crippen LogP contribution in [0.3, 0.4) is 0 Å². The number of thiazole rings is 1. The van der Waals surface area contributed by atoms with Gasteiger partial charge in [0.05, 0.1) is 16.0 Å². The third-order valence-electron chi connectivity index (χ3n) is 2.27. The molecule has 2 heterocycles. The van der Waals surface area contributed by atoms with Gasteiger partial charge in [-0.1, -0.05) is 0 Å². The summed E-state index contributed by atoms with van der Waals surface area (Å²) in [5.74, 6) is 0.512. The predicted molar refractivity (Wildman–Crippen MR) is 69.9 cm³/mol. The highest BCUT2D eigenvalue weighted by molar-refractivity contribution is 7.09. The summed E-state index contributed by atoms with van der Waals surface area (Å²) in [6.07, 6.45) is 2.21. The average Bonchev–Trinajstić information content (AvgIpc) is 2.75. The highest BCUT2D eigenvalue weighted by Gasteiger charge is 2.06. The molecule has 1 N–H and O–H groups in total. The lowest BCUT2D eigenvalue weighted by Gasteiger charge is -2.03. The number of pyridine rings is 1. The standard InChI is InChI=1S/C11H12N4O2S/c1-8-7-18-11(14-8)3-5-13-10-6-9(15(16)17)2-4-12-10/h2,4,6-7H,3,5H2,1H3,(H,12,13). The van der Waals surface area contributed by atoms with Gasteiger partial charge in [-0.2, -0.15) is 0 Å². The number of hydrogen-bond donors (Lipinski definition) is 1. The Labute approximate surface area is 108 Å². The van der Waals surface area contributed by atoms with Crippen LogP contribution in [0.25, 0.3) is 0 Å². The first kappa shape index (κ1) is 12.4. The molecule has 0 bridgehead atoms. The van der Waals surface area contributed by atoms with E-state index in [0.29, 0.717) is 12.4 Å². The van der Waals surface area contributed by atoms with Gasteiger partial charge in [-0.15, -0.1) is 11.3 Å². The van der Waals surface area contributed by atoms with E-state index in [2.05, 4.69) is 15.3 Å². The quantitative estimate of drug-likeness (QED) is 0.662. The van der Waals surface area contributed by atoms with Gasteiger partial charge in [-0.05, 0) is 6.92 Å². The lowest BCUT2D eigenvalue weighted by molar-refractivity contribution is -0.384. The first-order valence-corrected chi connectivity index (χ1v) is 6.28. The summed E-state index contributed by atoms with van der Waals surface area (Å²) < 4.78 is 0. The second-order valence-electron chi connectivity index (χ2n) is 3.72. The van der Waals surface area contributed by atoms with Crippen molar-refractivity contribution >= 4 is 22.8 Å². The van der Waals surface area contributed by atoms with Crippen LogP contribution in [-0.4, -0.2) is 21.4 Å². The van der Waals surface area contributed by atoms with Crippen LogP contribution in [0.5, 0.6) is 0 Å². The van der Waals surface area contributed by atoms with Gasteiger partial charge in [0, 0.05) is 36.3 Å². The number of anilines is 1. The number of nitrogens with zero attached hydrogens (tertiary/aromatic N) is 3. The van der Waals surface area contributed by atoms with Gasteiger partial charge in [-0.3, -0.25) is 10.1 Å². The smallest absolute Gasteiger partial charge is 0.274 e. The van der Waals surface area contributed by atoms with E-state index in [4.69, 9.17) is 0 Å². The van der Waals surface area contributed by atoms with E-state index in [0.717, 1.165) is 17.1 Å². The fourth-order valence-corrected chi connectivity index (χ4v) is 2.22. The monoisotopic (exact) mass is 264 g/mol. The van der Waals surface area contributed by atoms with Crippen molar-refractivity contribution in [3.63, 3.8) is 0 Å². The molecule has 0 radical (unpaired) electrons. The number of rotatable bonds is 5. The first-order chi connectivity index (χ1) is 8.65. The molecule has 6 nitrogen and oxygen atoms in total. The van der Waals surface area contributed by atoms with E-state index >= 15 is 0 Å². The molecule has 0 saturated heterocycles. The Morgan fingerprint density at radius 2 is 2.39 bits per heavy atom. The highest BCUT2D eigenvalue weighted by atomic mass is 32.1. The van der Waals surface area contributed by atoms with E-state index in [1.165, 1.54) is 18.3 Å². The van der Waals surface area contributed by atoms with E-state index in [9.17, 15) is 10.1 Å². The predicted octanol–water partition coefficient (Wildman–Crippen LogP) is 2.41. The third-order valence-corrected chi connectivity index (χ3v) is 3.29. The molecule has 0 aromatic carbocycles. The zero-order valence-corrected chi connectivity index (χ0v) is 10.6. The molecule has 2 aromatic heterocycles. The molecule has 0 amide bonds. The molecule has 94 valence electrons. The Hall–Kier alpha value is -2.02. The van der Waals surface area contributed by atoms with Crippen LogP contribution >= 0.6 is 11.3 Å². The zero-order chi connectivity index (χ0) is 13.0. The number of nitro groups is 1. The molecule has 0 aliphatic carbocycles. The van der Waals surface area contributed by atoms with E-state index in [-0.39, 0.29) is 5.69 Å². The largest absolute Gasteiger partial charge is 0.369 e. The van der Waals surface area contributed by atoms with Gasteiger partial charge in [0.1, 0.15) is 5.82 Å². The lowest BCUT2D eigenvalue weighted by atomic mass is 10.4. The number of aromatic nitrogens is 2. The van der Waals surface area contributed by atoms with Gasteiger partial charge in [0.2, 0.25) is 0 Å². The molecule has 2 aromatic rings. The first-order valence-electron chi connectivity index (χ1n) is 5.40. The van der Waals surface area contributed by atoms with Crippen molar-refractivity contribution in [2.24, 2.45) is 0 Å². The van der Waals surface area contributed by atoms with Crippen LogP contribution in [0, 0.1) is 17.0 Å². The van der Waals surface area contributed by atoms with Crippen molar-refractivity contribution in [3.8, 4) is 0 Å². The van der Waals surface area contributed by atoms with Gasteiger partial charge < -0.3 is 5.32 Å². The summed E-state index contributed by atoms with van der Waals surface area (Å²) in [4.78, 5) is 18.5. The summed E-state index contributed by atoms with van der Waals surface area (Å²) in [5, 5.41) is 16.7. The Morgan fingerprint density at radius 1 is 1.56 bits per heavy atom. The minimum atomic E-state index is -0.433. The minimum absolute atomic E-state index is 0.0394. The summed E-state index contributed by atoms with van der Waals surface area (Å²) in [6, 6.07) is 2.79. The van der Waals surface area contributed by atoms with Crippen LogP contribution in [0.4, 0.5) is 11.5 Å². The van der Waals surface area contributed by atoms with E-state index in [1.54, 1.807) is 11.3 Å². The Kier molecular flexibility index (Phi) is 3.83. The summed E-state index contributed by atoms with van der Waals surface area (Å²) in [6.45, 7) is 2.61. The molecular weight excluding hydrogens is 252 g/mol. The fraction of sp³-hybridized carbons (Fsp3) is 0.273. The van der Waals surface area contributed by atoms with Crippen LogP contribution in [0.2, 0.25) is 0 Å². The molecular formula is C11H12N4O2S. The maximum atomic E-state index is 10.6. The molecule has 0 unspecified atom stereocenters.